The van der Waals surface area contributed by atoms with Crippen LogP contribution in [0.3, 0.4) is 0 Å². The molecule has 0 amide bonds. The molecule has 86 valence electrons. The van der Waals surface area contributed by atoms with Crippen LogP contribution in [0.25, 0.3) is 5.65 Å². The number of H-pyrrole nitrogens is 1. The Balaban J connectivity index is 2.86. The summed E-state index contributed by atoms with van der Waals surface area (Å²) < 4.78 is 2.49. The third kappa shape index (κ3) is 1.77. The first-order valence-electron chi connectivity index (χ1n) is 5.09. The monoisotopic (exact) mass is 331 g/mol. The molecule has 16 heavy (non-hydrogen) atoms. The van der Waals surface area contributed by atoms with Crippen molar-refractivity contribution in [3.05, 3.63) is 31.4 Å². The maximum atomic E-state index is 11.9. The van der Waals surface area contributed by atoms with Crippen molar-refractivity contribution in [1.82, 2.24) is 14.6 Å². The van der Waals surface area contributed by atoms with Crippen LogP contribution in [-0.4, -0.2) is 14.6 Å². The first-order valence-corrected chi connectivity index (χ1v) is 6.17. The molecule has 2 aromatic rings. The molecule has 4 nitrogen and oxygen atoms in total. The topological polar surface area (TPSA) is 50.2 Å². The molecule has 0 fully saturated rings. The highest BCUT2D eigenvalue weighted by atomic mass is 127. The van der Waals surface area contributed by atoms with E-state index >= 15 is 0 Å². The lowest BCUT2D eigenvalue weighted by molar-refractivity contribution is 0.566. The van der Waals surface area contributed by atoms with Gasteiger partial charge in [0.2, 0.25) is 0 Å². The molecule has 0 atom stereocenters. The molecule has 0 aliphatic rings. The number of nitrogens with zero attached hydrogens (tertiary/aromatic N) is 2. The maximum absolute atomic E-state index is 11.9. The maximum Gasteiger partial charge on any atom is 0.272 e. The van der Waals surface area contributed by atoms with Crippen molar-refractivity contribution in [2.45, 2.75) is 33.1 Å². The number of aromatic nitrogens is 3. The van der Waals surface area contributed by atoms with Crippen molar-refractivity contribution >= 4 is 28.2 Å². The fraction of sp³-hybridized carbons (Fsp3) is 0.455. The summed E-state index contributed by atoms with van der Waals surface area (Å²) in [7, 11) is 0. The summed E-state index contributed by atoms with van der Waals surface area (Å²) in [6.45, 7) is 8.10. The number of fused-ring (bicyclic) bond motifs is 1. The van der Waals surface area contributed by atoms with E-state index in [1.807, 2.05) is 6.92 Å². The molecular formula is C11H14IN3O. The largest absolute Gasteiger partial charge is 0.293 e. The quantitative estimate of drug-likeness (QED) is 0.753. The number of rotatable bonds is 0. The molecule has 0 spiro atoms. The van der Waals surface area contributed by atoms with Crippen LogP contribution in [0.2, 0.25) is 0 Å². The van der Waals surface area contributed by atoms with Crippen molar-refractivity contribution < 1.29 is 0 Å². The van der Waals surface area contributed by atoms with Gasteiger partial charge in [-0.15, -0.1) is 0 Å². The fourth-order valence-electron chi connectivity index (χ4n) is 1.51. The van der Waals surface area contributed by atoms with Gasteiger partial charge in [0.1, 0.15) is 0 Å². The molecule has 0 bridgehead atoms. The first-order chi connectivity index (χ1) is 7.30. The van der Waals surface area contributed by atoms with Crippen LogP contribution < -0.4 is 5.56 Å². The van der Waals surface area contributed by atoms with E-state index < -0.39 is 0 Å². The van der Waals surface area contributed by atoms with E-state index in [1.165, 1.54) is 4.52 Å². The third-order valence-corrected chi connectivity index (χ3v) is 3.78. The number of aryl methyl sites for hydroxylation is 1. The lowest BCUT2D eigenvalue weighted by Crippen LogP contribution is -2.22. The summed E-state index contributed by atoms with van der Waals surface area (Å²) in [5, 5.41) is 3.01. The molecule has 0 aromatic carbocycles. The second kappa shape index (κ2) is 3.58. The van der Waals surface area contributed by atoms with Crippen molar-refractivity contribution in [2.75, 3.05) is 0 Å². The van der Waals surface area contributed by atoms with Crippen molar-refractivity contribution in [2.24, 2.45) is 0 Å². The molecule has 0 radical (unpaired) electrons. The van der Waals surface area contributed by atoms with Crippen LogP contribution in [0.4, 0.5) is 0 Å². The van der Waals surface area contributed by atoms with Gasteiger partial charge in [0.15, 0.2) is 5.65 Å². The highest BCUT2D eigenvalue weighted by Crippen LogP contribution is 2.21. The summed E-state index contributed by atoms with van der Waals surface area (Å²) in [5.74, 6) is 0. The minimum absolute atomic E-state index is 0.0547. The van der Waals surface area contributed by atoms with Crippen LogP contribution in [-0.2, 0) is 5.41 Å². The molecule has 2 rings (SSSR count). The van der Waals surface area contributed by atoms with Gasteiger partial charge in [0.05, 0.1) is 9.26 Å². The Morgan fingerprint density at radius 1 is 1.44 bits per heavy atom. The van der Waals surface area contributed by atoms with E-state index in [2.05, 4.69) is 53.4 Å². The van der Waals surface area contributed by atoms with Gasteiger partial charge in [-0.1, -0.05) is 20.8 Å². The number of hydrogen-bond acceptors (Lipinski definition) is 2. The summed E-state index contributed by atoms with van der Waals surface area (Å²) in [4.78, 5) is 16.5. The molecule has 2 aromatic heterocycles. The summed E-state index contributed by atoms with van der Waals surface area (Å²) in [5.41, 5.74) is 2.35. The lowest BCUT2D eigenvalue weighted by atomic mass is 9.92. The molecule has 0 aliphatic heterocycles. The Labute approximate surface area is 107 Å². The summed E-state index contributed by atoms with van der Waals surface area (Å²) in [6, 6.07) is 1.60. The minimum atomic E-state index is -0.109. The van der Waals surface area contributed by atoms with E-state index in [9.17, 15) is 4.79 Å². The second-order valence-electron chi connectivity index (χ2n) is 4.94. The standard InChI is InChI=1S/C11H14IN3O/c1-6-9(12)10-13-7(11(2,3)4)5-8(16)15(10)14-6/h5,14H,1-4H3. The van der Waals surface area contributed by atoms with Gasteiger partial charge in [-0.2, -0.15) is 0 Å². The second-order valence-corrected chi connectivity index (χ2v) is 6.02. The van der Waals surface area contributed by atoms with Gasteiger partial charge in [0.25, 0.3) is 5.56 Å². The van der Waals surface area contributed by atoms with Gasteiger partial charge in [0, 0.05) is 17.2 Å². The molecular weight excluding hydrogens is 317 g/mol. The number of hydrogen-bond donors (Lipinski definition) is 1. The zero-order chi connectivity index (χ0) is 12.1. The molecule has 2 heterocycles. The van der Waals surface area contributed by atoms with Crippen LogP contribution in [0.5, 0.6) is 0 Å². The van der Waals surface area contributed by atoms with Crippen LogP contribution in [0.1, 0.15) is 32.2 Å². The smallest absolute Gasteiger partial charge is 0.272 e. The molecule has 0 unspecified atom stereocenters. The highest BCUT2D eigenvalue weighted by molar-refractivity contribution is 14.1. The lowest BCUT2D eigenvalue weighted by Gasteiger charge is -2.16. The predicted octanol–water partition coefficient (Wildman–Crippen LogP) is 2.23. The zero-order valence-electron chi connectivity index (χ0n) is 9.76. The number of halogens is 1. The van der Waals surface area contributed by atoms with E-state index in [4.69, 9.17) is 0 Å². The predicted molar refractivity (Wildman–Crippen MR) is 72.0 cm³/mol. The van der Waals surface area contributed by atoms with Gasteiger partial charge >= 0.3 is 0 Å². The Morgan fingerprint density at radius 3 is 2.62 bits per heavy atom. The SMILES string of the molecule is Cc1[nH]n2c(=O)cc(C(C)(C)C)nc2c1I. The van der Waals surface area contributed by atoms with Gasteiger partial charge in [-0.25, -0.2) is 9.50 Å². The van der Waals surface area contributed by atoms with E-state index in [-0.39, 0.29) is 11.0 Å². The zero-order valence-corrected chi connectivity index (χ0v) is 11.9. The molecule has 5 heteroatoms. The minimum Gasteiger partial charge on any atom is -0.293 e. The molecule has 0 saturated heterocycles. The summed E-state index contributed by atoms with van der Waals surface area (Å²) in [6.07, 6.45) is 0. The Bertz CT molecular complexity index is 604. The first kappa shape index (κ1) is 11.6. The van der Waals surface area contributed by atoms with Gasteiger partial charge in [-0.3, -0.25) is 9.89 Å². The fourth-order valence-corrected chi connectivity index (χ4v) is 1.99. The van der Waals surface area contributed by atoms with E-state index in [0.717, 1.165) is 20.6 Å². The summed E-state index contributed by atoms with van der Waals surface area (Å²) >= 11 is 2.21. The van der Waals surface area contributed by atoms with Crippen LogP contribution >= 0.6 is 22.6 Å². The van der Waals surface area contributed by atoms with Gasteiger partial charge < -0.3 is 0 Å². The number of aromatic amines is 1. The van der Waals surface area contributed by atoms with Crippen LogP contribution in [0.15, 0.2) is 10.9 Å². The van der Waals surface area contributed by atoms with Gasteiger partial charge in [-0.05, 0) is 29.5 Å². The third-order valence-electron chi connectivity index (χ3n) is 2.49. The van der Waals surface area contributed by atoms with E-state index in [0.29, 0.717) is 0 Å². The highest BCUT2D eigenvalue weighted by Gasteiger charge is 2.19. The Kier molecular flexibility index (Phi) is 2.60. The van der Waals surface area contributed by atoms with Crippen molar-refractivity contribution in [1.29, 1.82) is 0 Å². The Hall–Kier alpha value is -0.850. The van der Waals surface area contributed by atoms with Crippen molar-refractivity contribution in [3.63, 3.8) is 0 Å². The normalized spacial score (nSPS) is 12.3. The van der Waals surface area contributed by atoms with Crippen molar-refractivity contribution in [3.8, 4) is 0 Å². The van der Waals surface area contributed by atoms with E-state index in [1.54, 1.807) is 6.07 Å². The number of nitrogens with one attached hydrogen (secondary N) is 1. The average molecular weight is 331 g/mol. The Morgan fingerprint density at radius 2 is 2.06 bits per heavy atom. The molecule has 1 N–H and O–H groups in total. The molecule has 0 aliphatic carbocycles. The molecule has 0 saturated carbocycles. The van der Waals surface area contributed by atoms with Crippen LogP contribution in [0, 0.1) is 10.5 Å². The average Bonchev–Trinajstić information content (AvgIpc) is 2.44.